The van der Waals surface area contributed by atoms with E-state index < -0.39 is 30.6 Å². The third kappa shape index (κ3) is 6.16. The molecule has 3 rings (SSSR count). The van der Waals surface area contributed by atoms with Crippen LogP contribution in [0.3, 0.4) is 0 Å². The first-order valence-electron chi connectivity index (χ1n) is 11.9. The van der Waals surface area contributed by atoms with Crippen molar-refractivity contribution in [3.8, 4) is 11.1 Å². The van der Waals surface area contributed by atoms with Crippen molar-refractivity contribution in [3.63, 3.8) is 0 Å². The van der Waals surface area contributed by atoms with Crippen LogP contribution in [0, 0.1) is 5.92 Å². The highest BCUT2D eigenvalue weighted by molar-refractivity contribution is 5.88. The van der Waals surface area contributed by atoms with E-state index in [2.05, 4.69) is 17.4 Å². The molecule has 0 saturated heterocycles. The minimum atomic E-state index is -1.08. The van der Waals surface area contributed by atoms with Gasteiger partial charge in [-0.1, -0.05) is 82.1 Å². The number of nitrogens with zero attached hydrogens (tertiary/aromatic N) is 1. The zero-order valence-electron chi connectivity index (χ0n) is 20.1. The normalized spacial score (nSPS) is 13.2. The molecule has 0 aromatic heterocycles. The Kier molecular flexibility index (Phi) is 8.68. The van der Waals surface area contributed by atoms with Gasteiger partial charge in [0.1, 0.15) is 19.2 Å². The summed E-state index contributed by atoms with van der Waals surface area (Å²) >= 11 is 0. The molecule has 182 valence electrons. The van der Waals surface area contributed by atoms with Gasteiger partial charge in [-0.2, -0.15) is 0 Å². The van der Waals surface area contributed by atoms with Crippen LogP contribution >= 0.6 is 0 Å². The zero-order valence-corrected chi connectivity index (χ0v) is 20.1. The van der Waals surface area contributed by atoms with Crippen LogP contribution in [0.4, 0.5) is 4.79 Å². The number of benzene rings is 2. The van der Waals surface area contributed by atoms with Gasteiger partial charge in [-0.3, -0.25) is 9.59 Å². The monoisotopic (exact) mass is 466 g/mol. The van der Waals surface area contributed by atoms with Crippen LogP contribution in [-0.4, -0.2) is 53.7 Å². The minimum Gasteiger partial charge on any atom is -0.480 e. The largest absolute Gasteiger partial charge is 0.480 e. The van der Waals surface area contributed by atoms with Crippen molar-refractivity contribution < 1.29 is 24.2 Å². The first kappa shape index (κ1) is 25.3. The molecular formula is C27H34N2O5. The van der Waals surface area contributed by atoms with Gasteiger partial charge >= 0.3 is 12.1 Å². The molecular weight excluding hydrogens is 432 g/mol. The number of carboxylic acid groups (broad SMARTS) is 1. The van der Waals surface area contributed by atoms with E-state index in [0.29, 0.717) is 13.0 Å². The summed E-state index contributed by atoms with van der Waals surface area (Å²) in [6.45, 7) is 5.90. The van der Waals surface area contributed by atoms with Crippen molar-refractivity contribution in [1.82, 2.24) is 10.2 Å². The maximum absolute atomic E-state index is 13.1. The molecule has 7 nitrogen and oxygen atoms in total. The summed E-state index contributed by atoms with van der Waals surface area (Å²) in [6, 6.07) is 15.3. The van der Waals surface area contributed by atoms with Crippen molar-refractivity contribution in [2.45, 2.75) is 52.0 Å². The van der Waals surface area contributed by atoms with E-state index in [1.165, 1.54) is 4.90 Å². The molecule has 2 aromatic rings. The Morgan fingerprint density at radius 3 is 2.15 bits per heavy atom. The van der Waals surface area contributed by atoms with Crippen LogP contribution in [0.2, 0.25) is 0 Å². The first-order chi connectivity index (χ1) is 16.3. The van der Waals surface area contributed by atoms with Crippen LogP contribution in [0.15, 0.2) is 48.5 Å². The van der Waals surface area contributed by atoms with E-state index in [1.807, 2.05) is 57.2 Å². The Morgan fingerprint density at radius 2 is 1.62 bits per heavy atom. The molecule has 0 radical (unpaired) electrons. The second-order valence-corrected chi connectivity index (χ2v) is 9.17. The van der Waals surface area contributed by atoms with Crippen LogP contribution in [0.25, 0.3) is 11.1 Å². The number of nitrogens with one attached hydrogen (secondary N) is 1. The number of aliphatic carboxylic acids is 1. The van der Waals surface area contributed by atoms with E-state index >= 15 is 0 Å². The Hall–Kier alpha value is -3.35. The molecule has 1 unspecified atom stereocenters. The number of ether oxygens (including phenoxy) is 1. The fraction of sp³-hybridized carbons (Fsp3) is 0.444. The maximum atomic E-state index is 13.1. The number of amides is 2. The van der Waals surface area contributed by atoms with Crippen LogP contribution in [0.5, 0.6) is 0 Å². The van der Waals surface area contributed by atoms with Gasteiger partial charge in [0.25, 0.3) is 0 Å². The molecule has 1 aliphatic carbocycles. The van der Waals surface area contributed by atoms with Crippen molar-refractivity contribution in [1.29, 1.82) is 0 Å². The molecule has 0 heterocycles. The fourth-order valence-corrected chi connectivity index (χ4v) is 4.50. The molecule has 2 amide bonds. The van der Waals surface area contributed by atoms with E-state index in [-0.39, 0.29) is 18.4 Å². The summed E-state index contributed by atoms with van der Waals surface area (Å²) in [4.78, 5) is 38.5. The van der Waals surface area contributed by atoms with Gasteiger partial charge in [-0.05, 0) is 34.6 Å². The molecule has 7 heteroatoms. The molecule has 34 heavy (non-hydrogen) atoms. The lowest BCUT2D eigenvalue weighted by Gasteiger charge is -2.28. The predicted molar refractivity (Wildman–Crippen MR) is 131 cm³/mol. The molecule has 0 saturated carbocycles. The molecule has 2 N–H and O–H groups in total. The third-order valence-electron chi connectivity index (χ3n) is 6.00. The van der Waals surface area contributed by atoms with E-state index in [4.69, 9.17) is 4.74 Å². The van der Waals surface area contributed by atoms with Gasteiger partial charge in [-0.15, -0.1) is 0 Å². The summed E-state index contributed by atoms with van der Waals surface area (Å²) < 4.78 is 5.61. The lowest BCUT2D eigenvalue weighted by atomic mass is 9.98. The number of hydrogen-bond acceptors (Lipinski definition) is 4. The van der Waals surface area contributed by atoms with E-state index in [9.17, 15) is 19.5 Å². The Morgan fingerprint density at radius 1 is 1.03 bits per heavy atom. The average Bonchev–Trinajstić information content (AvgIpc) is 3.12. The van der Waals surface area contributed by atoms with Gasteiger partial charge in [0.05, 0.1) is 0 Å². The highest BCUT2D eigenvalue weighted by atomic mass is 16.5. The lowest BCUT2D eigenvalue weighted by Crippen LogP contribution is -2.51. The lowest BCUT2D eigenvalue weighted by molar-refractivity contribution is -0.145. The van der Waals surface area contributed by atoms with Crippen LogP contribution in [0.1, 0.15) is 57.1 Å². The predicted octanol–water partition coefficient (Wildman–Crippen LogP) is 4.65. The number of hydrogen-bond donors (Lipinski definition) is 2. The molecule has 1 aliphatic rings. The van der Waals surface area contributed by atoms with Crippen molar-refractivity contribution in [3.05, 3.63) is 59.7 Å². The number of carbonyl (C=O) groups is 3. The van der Waals surface area contributed by atoms with Gasteiger partial charge < -0.3 is 20.1 Å². The Bertz CT molecular complexity index is 974. The summed E-state index contributed by atoms with van der Waals surface area (Å²) in [5.41, 5.74) is 4.50. The molecule has 0 spiro atoms. The average molecular weight is 467 g/mol. The molecule has 2 aromatic carbocycles. The molecule has 0 fully saturated rings. The van der Waals surface area contributed by atoms with Gasteiger partial charge in [0, 0.05) is 12.5 Å². The van der Waals surface area contributed by atoms with Gasteiger partial charge in [-0.25, -0.2) is 4.79 Å². The maximum Gasteiger partial charge on any atom is 0.407 e. The Labute approximate surface area is 201 Å². The quantitative estimate of drug-likeness (QED) is 0.502. The summed E-state index contributed by atoms with van der Waals surface area (Å²) in [6.07, 6.45) is 1.33. The third-order valence-corrected chi connectivity index (χ3v) is 6.00. The topological polar surface area (TPSA) is 95.9 Å². The second kappa shape index (κ2) is 11.7. The number of alkyl carbamates (subject to hydrolysis) is 1. The molecule has 0 aliphatic heterocycles. The standard InChI is InChI=1S/C27H34N2O5/c1-4-5-14-24(26(32)29(15-18(2)3)16-25(30)31)28-27(33)34-17-23-21-12-8-6-10-19(21)20-11-7-9-13-22(20)23/h6-13,18,23-24H,4-5,14-17H2,1-3H3,(H,28,33)(H,30,31). The van der Waals surface area contributed by atoms with Crippen molar-refractivity contribution in [2.75, 3.05) is 19.7 Å². The van der Waals surface area contributed by atoms with E-state index in [1.54, 1.807) is 0 Å². The zero-order chi connectivity index (χ0) is 24.7. The van der Waals surface area contributed by atoms with Crippen molar-refractivity contribution in [2.24, 2.45) is 5.92 Å². The summed E-state index contributed by atoms with van der Waals surface area (Å²) in [5, 5.41) is 12.0. The number of carbonyl (C=O) groups excluding carboxylic acids is 2. The number of fused-ring (bicyclic) bond motifs is 3. The number of rotatable bonds is 11. The first-order valence-corrected chi connectivity index (χ1v) is 11.9. The summed E-state index contributed by atoms with van der Waals surface area (Å²) in [5.74, 6) is -1.44. The van der Waals surface area contributed by atoms with E-state index in [0.717, 1.165) is 35.1 Å². The highest BCUT2D eigenvalue weighted by Gasteiger charge is 2.31. The summed E-state index contributed by atoms with van der Waals surface area (Å²) in [7, 11) is 0. The Balaban J connectivity index is 1.69. The fourth-order valence-electron chi connectivity index (χ4n) is 4.50. The molecule has 0 bridgehead atoms. The minimum absolute atomic E-state index is 0.0765. The highest BCUT2D eigenvalue weighted by Crippen LogP contribution is 2.44. The van der Waals surface area contributed by atoms with Crippen LogP contribution in [-0.2, 0) is 14.3 Å². The van der Waals surface area contributed by atoms with Gasteiger partial charge in [0.15, 0.2) is 0 Å². The van der Waals surface area contributed by atoms with Gasteiger partial charge in [0.2, 0.25) is 5.91 Å². The second-order valence-electron chi connectivity index (χ2n) is 9.17. The number of unbranched alkanes of at least 4 members (excludes halogenated alkanes) is 1. The van der Waals surface area contributed by atoms with Crippen molar-refractivity contribution >= 4 is 18.0 Å². The molecule has 1 atom stereocenters. The SMILES string of the molecule is CCCCC(NC(=O)OCC1c2ccccc2-c2ccccc21)C(=O)N(CC(=O)O)CC(C)C. The smallest absolute Gasteiger partial charge is 0.407 e. The number of carboxylic acids is 1. The van der Waals surface area contributed by atoms with Crippen LogP contribution < -0.4 is 5.32 Å².